The normalized spacial score (nSPS) is 23.7. The number of amides is 2. The molecule has 0 aromatic rings. The maximum Gasteiger partial charge on any atom is 0.320 e. The SMILES string of the molecule is CC1CCN(C(=O)N2CC(C(C)C(=O)O)C2)CC1. The van der Waals surface area contributed by atoms with Gasteiger partial charge in [-0.15, -0.1) is 0 Å². The third-order valence-electron chi connectivity index (χ3n) is 4.33. The van der Waals surface area contributed by atoms with Gasteiger partial charge in [0.15, 0.2) is 0 Å². The van der Waals surface area contributed by atoms with Gasteiger partial charge in [-0.3, -0.25) is 4.79 Å². The Morgan fingerprint density at radius 2 is 1.72 bits per heavy atom. The molecule has 2 rings (SSSR count). The molecular weight excluding hydrogens is 232 g/mol. The average molecular weight is 254 g/mol. The molecule has 1 atom stereocenters. The molecule has 1 N–H and O–H groups in total. The number of rotatable bonds is 2. The fraction of sp³-hybridized carbons (Fsp3) is 0.846. The molecule has 0 aromatic carbocycles. The van der Waals surface area contributed by atoms with Crippen LogP contribution in [0.5, 0.6) is 0 Å². The molecule has 18 heavy (non-hydrogen) atoms. The van der Waals surface area contributed by atoms with Gasteiger partial charge in [0.2, 0.25) is 0 Å². The van der Waals surface area contributed by atoms with E-state index in [1.54, 1.807) is 11.8 Å². The third kappa shape index (κ3) is 2.60. The average Bonchev–Trinajstić information content (AvgIpc) is 2.27. The number of hydrogen-bond acceptors (Lipinski definition) is 2. The lowest BCUT2D eigenvalue weighted by molar-refractivity contribution is -0.144. The highest BCUT2D eigenvalue weighted by molar-refractivity contribution is 5.76. The van der Waals surface area contributed by atoms with Crippen molar-refractivity contribution in [1.82, 2.24) is 9.80 Å². The lowest BCUT2D eigenvalue weighted by Crippen LogP contribution is -2.58. The lowest BCUT2D eigenvalue weighted by Gasteiger charge is -2.44. The summed E-state index contributed by atoms with van der Waals surface area (Å²) in [5.41, 5.74) is 0. The van der Waals surface area contributed by atoms with E-state index in [2.05, 4.69) is 6.92 Å². The summed E-state index contributed by atoms with van der Waals surface area (Å²) in [6, 6.07) is 0.0933. The molecule has 0 spiro atoms. The number of nitrogens with zero attached hydrogens (tertiary/aromatic N) is 2. The second-order valence-corrected chi connectivity index (χ2v) is 5.74. The Morgan fingerprint density at radius 1 is 1.17 bits per heavy atom. The molecule has 5 heteroatoms. The number of urea groups is 1. The highest BCUT2D eigenvalue weighted by Crippen LogP contribution is 2.26. The van der Waals surface area contributed by atoms with Gasteiger partial charge in [-0.05, 0) is 18.8 Å². The van der Waals surface area contributed by atoms with Crippen molar-refractivity contribution in [1.29, 1.82) is 0 Å². The van der Waals surface area contributed by atoms with Gasteiger partial charge in [-0.25, -0.2) is 4.79 Å². The molecule has 5 nitrogen and oxygen atoms in total. The van der Waals surface area contributed by atoms with Gasteiger partial charge in [-0.2, -0.15) is 0 Å². The summed E-state index contributed by atoms with van der Waals surface area (Å²) < 4.78 is 0. The van der Waals surface area contributed by atoms with E-state index in [0.717, 1.165) is 25.9 Å². The maximum atomic E-state index is 12.1. The first kappa shape index (κ1) is 13.2. The highest BCUT2D eigenvalue weighted by Gasteiger charge is 2.39. The third-order valence-corrected chi connectivity index (χ3v) is 4.33. The van der Waals surface area contributed by atoms with Gasteiger partial charge in [0.25, 0.3) is 0 Å². The van der Waals surface area contributed by atoms with Crippen LogP contribution in [-0.4, -0.2) is 53.1 Å². The summed E-state index contributed by atoms with van der Waals surface area (Å²) in [5.74, 6) is -0.283. The molecule has 1 unspecified atom stereocenters. The Kier molecular flexibility index (Phi) is 3.78. The van der Waals surface area contributed by atoms with E-state index in [4.69, 9.17) is 5.11 Å². The molecule has 2 fully saturated rings. The zero-order valence-corrected chi connectivity index (χ0v) is 11.1. The van der Waals surface area contributed by atoms with Crippen LogP contribution in [0.2, 0.25) is 0 Å². The monoisotopic (exact) mass is 254 g/mol. The first-order valence-electron chi connectivity index (χ1n) is 6.75. The van der Waals surface area contributed by atoms with Crippen LogP contribution in [0.3, 0.4) is 0 Å². The van der Waals surface area contributed by atoms with Crippen LogP contribution < -0.4 is 0 Å². The van der Waals surface area contributed by atoms with Crippen LogP contribution in [0, 0.1) is 17.8 Å². The van der Waals surface area contributed by atoms with Crippen LogP contribution in [0.4, 0.5) is 4.79 Å². The first-order valence-corrected chi connectivity index (χ1v) is 6.75. The number of hydrogen-bond donors (Lipinski definition) is 1. The Hall–Kier alpha value is -1.26. The van der Waals surface area contributed by atoms with Crippen molar-refractivity contribution >= 4 is 12.0 Å². The largest absolute Gasteiger partial charge is 0.481 e. The minimum atomic E-state index is -0.765. The number of carbonyl (C=O) groups excluding carboxylic acids is 1. The lowest BCUT2D eigenvalue weighted by atomic mass is 9.87. The van der Waals surface area contributed by atoms with E-state index in [1.807, 2.05) is 4.90 Å². The van der Waals surface area contributed by atoms with E-state index in [-0.39, 0.29) is 17.9 Å². The van der Waals surface area contributed by atoms with E-state index < -0.39 is 5.97 Å². The molecule has 102 valence electrons. The summed E-state index contributed by atoms with van der Waals surface area (Å²) in [7, 11) is 0. The number of carboxylic acid groups (broad SMARTS) is 1. The van der Waals surface area contributed by atoms with Crippen molar-refractivity contribution < 1.29 is 14.7 Å². The minimum absolute atomic E-state index is 0.0933. The van der Waals surface area contributed by atoms with E-state index >= 15 is 0 Å². The molecule has 0 saturated carbocycles. The summed E-state index contributed by atoms with van der Waals surface area (Å²) in [6.07, 6.45) is 2.16. The summed E-state index contributed by atoms with van der Waals surface area (Å²) in [6.45, 7) is 6.81. The van der Waals surface area contributed by atoms with E-state index in [9.17, 15) is 9.59 Å². The van der Waals surface area contributed by atoms with Crippen molar-refractivity contribution in [2.24, 2.45) is 17.8 Å². The molecule has 0 bridgehead atoms. The van der Waals surface area contributed by atoms with Gasteiger partial charge in [0.05, 0.1) is 5.92 Å². The molecule has 0 aromatic heterocycles. The van der Waals surface area contributed by atoms with Crippen LogP contribution in [0.25, 0.3) is 0 Å². The Bertz CT molecular complexity index is 331. The van der Waals surface area contributed by atoms with Gasteiger partial charge in [0, 0.05) is 32.1 Å². The van der Waals surface area contributed by atoms with Gasteiger partial charge in [-0.1, -0.05) is 13.8 Å². The van der Waals surface area contributed by atoms with Crippen LogP contribution in [-0.2, 0) is 4.79 Å². The highest BCUT2D eigenvalue weighted by atomic mass is 16.4. The van der Waals surface area contributed by atoms with Crippen molar-refractivity contribution in [2.75, 3.05) is 26.2 Å². The second-order valence-electron chi connectivity index (χ2n) is 5.74. The maximum absolute atomic E-state index is 12.1. The van der Waals surface area contributed by atoms with E-state index in [0.29, 0.717) is 19.0 Å². The standard InChI is InChI=1S/C13H22N2O3/c1-9-3-5-14(6-4-9)13(18)15-7-11(8-15)10(2)12(16)17/h9-11H,3-8H2,1-2H3,(H,16,17). The van der Waals surface area contributed by atoms with Crippen molar-refractivity contribution in [3.63, 3.8) is 0 Å². The van der Waals surface area contributed by atoms with Crippen LogP contribution >= 0.6 is 0 Å². The molecule has 2 saturated heterocycles. The second kappa shape index (κ2) is 5.16. The fourth-order valence-electron chi connectivity index (χ4n) is 2.59. The Labute approximate surface area is 108 Å². The fourth-order valence-corrected chi connectivity index (χ4v) is 2.59. The predicted molar refractivity (Wildman–Crippen MR) is 67.2 cm³/mol. The zero-order chi connectivity index (χ0) is 13.3. The quantitative estimate of drug-likeness (QED) is 0.812. The number of carboxylic acids is 1. The molecule has 2 aliphatic heterocycles. The summed E-state index contributed by atoms with van der Waals surface area (Å²) in [5, 5.41) is 8.91. The summed E-state index contributed by atoms with van der Waals surface area (Å²) >= 11 is 0. The molecule has 2 heterocycles. The first-order chi connectivity index (χ1) is 8.49. The number of carbonyl (C=O) groups is 2. The predicted octanol–water partition coefficient (Wildman–Crippen LogP) is 1.49. The van der Waals surface area contributed by atoms with E-state index in [1.165, 1.54) is 0 Å². The number of piperidine rings is 1. The molecule has 0 aliphatic carbocycles. The van der Waals surface area contributed by atoms with Crippen molar-refractivity contribution in [3.05, 3.63) is 0 Å². The molecule has 0 radical (unpaired) electrons. The Balaban J connectivity index is 1.78. The van der Waals surface area contributed by atoms with Gasteiger partial charge < -0.3 is 14.9 Å². The van der Waals surface area contributed by atoms with Gasteiger partial charge in [0.1, 0.15) is 0 Å². The molecule has 2 amide bonds. The van der Waals surface area contributed by atoms with Crippen molar-refractivity contribution in [2.45, 2.75) is 26.7 Å². The van der Waals surface area contributed by atoms with Crippen LogP contribution in [0.15, 0.2) is 0 Å². The number of likely N-dealkylation sites (tertiary alicyclic amines) is 2. The smallest absolute Gasteiger partial charge is 0.320 e. The zero-order valence-electron chi connectivity index (χ0n) is 11.1. The van der Waals surface area contributed by atoms with Crippen molar-refractivity contribution in [3.8, 4) is 0 Å². The summed E-state index contributed by atoms with van der Waals surface area (Å²) in [4.78, 5) is 26.6. The topological polar surface area (TPSA) is 60.9 Å². The molecular formula is C13H22N2O3. The van der Waals surface area contributed by atoms with Gasteiger partial charge >= 0.3 is 12.0 Å². The Morgan fingerprint density at radius 3 is 2.22 bits per heavy atom. The van der Waals surface area contributed by atoms with Crippen LogP contribution in [0.1, 0.15) is 26.7 Å². The minimum Gasteiger partial charge on any atom is -0.481 e. The number of aliphatic carboxylic acids is 1. The molecule has 2 aliphatic rings.